The lowest BCUT2D eigenvalue weighted by Crippen LogP contribution is -2.37. The van der Waals surface area contributed by atoms with Gasteiger partial charge in [0, 0.05) is 16.0 Å². The molecule has 1 amide bonds. The minimum atomic E-state index is -3.94. The standard InChI is InChI=1S/C23H22BrClN2O4S/c1-16-3-5-17(6-4-16)14-27(32(29,30)20-10-7-18(24)8-11-20)15-23(28)26-21-13-19(25)9-12-22(21)31-2/h3-13H,14-15H2,1-2H3,(H,26,28). The Hall–Kier alpha value is -2.39. The van der Waals surface area contributed by atoms with Crippen LogP contribution in [-0.2, 0) is 21.4 Å². The number of carbonyl (C=O) groups is 1. The highest BCUT2D eigenvalue weighted by Gasteiger charge is 2.27. The van der Waals surface area contributed by atoms with Crippen LogP contribution in [0.4, 0.5) is 5.69 Å². The van der Waals surface area contributed by atoms with E-state index < -0.39 is 15.9 Å². The molecule has 168 valence electrons. The molecule has 0 spiro atoms. The van der Waals surface area contributed by atoms with E-state index in [1.54, 1.807) is 30.3 Å². The highest BCUT2D eigenvalue weighted by Crippen LogP contribution is 2.28. The van der Waals surface area contributed by atoms with E-state index in [1.165, 1.54) is 19.2 Å². The predicted octanol–water partition coefficient (Wildman–Crippen LogP) is 5.25. The summed E-state index contributed by atoms with van der Waals surface area (Å²) in [4.78, 5) is 13.0. The Labute approximate surface area is 201 Å². The molecule has 0 aliphatic heterocycles. The average molecular weight is 538 g/mol. The summed E-state index contributed by atoms with van der Waals surface area (Å²) in [5.74, 6) is -0.0954. The van der Waals surface area contributed by atoms with Crippen LogP contribution >= 0.6 is 27.5 Å². The first kappa shape index (κ1) is 24.3. The van der Waals surface area contributed by atoms with E-state index in [1.807, 2.05) is 31.2 Å². The summed E-state index contributed by atoms with van der Waals surface area (Å²) in [5.41, 5.74) is 2.19. The third-order valence-corrected chi connectivity index (χ3v) is 7.26. The molecule has 3 aromatic carbocycles. The Kier molecular flexibility index (Phi) is 7.95. The minimum absolute atomic E-state index is 0.0405. The van der Waals surface area contributed by atoms with E-state index in [0.29, 0.717) is 16.5 Å². The van der Waals surface area contributed by atoms with Crippen LogP contribution in [0.3, 0.4) is 0 Å². The van der Waals surface area contributed by atoms with Gasteiger partial charge >= 0.3 is 0 Å². The number of rotatable bonds is 8. The van der Waals surface area contributed by atoms with Gasteiger partial charge < -0.3 is 10.1 Å². The van der Waals surface area contributed by atoms with Gasteiger partial charge in [0.25, 0.3) is 0 Å². The lowest BCUT2D eigenvalue weighted by atomic mass is 10.1. The predicted molar refractivity (Wildman–Crippen MR) is 130 cm³/mol. The Morgan fingerprint density at radius 1 is 1.06 bits per heavy atom. The van der Waals surface area contributed by atoms with Crippen molar-refractivity contribution in [3.05, 3.63) is 87.4 Å². The Balaban J connectivity index is 1.89. The van der Waals surface area contributed by atoms with Crippen molar-refractivity contribution in [2.75, 3.05) is 19.0 Å². The summed E-state index contributed by atoms with van der Waals surface area (Å²) in [6.45, 7) is 1.60. The molecule has 9 heteroatoms. The molecule has 0 bridgehead atoms. The molecule has 0 unspecified atom stereocenters. The number of benzene rings is 3. The highest BCUT2D eigenvalue weighted by atomic mass is 79.9. The molecule has 0 heterocycles. The zero-order chi connectivity index (χ0) is 23.3. The number of sulfonamides is 1. The van der Waals surface area contributed by atoms with Crippen LogP contribution in [0.5, 0.6) is 5.75 Å². The molecule has 0 saturated heterocycles. The molecule has 3 rings (SSSR count). The van der Waals surface area contributed by atoms with E-state index in [-0.39, 0.29) is 18.0 Å². The number of methoxy groups -OCH3 is 1. The van der Waals surface area contributed by atoms with Crippen molar-refractivity contribution in [2.24, 2.45) is 0 Å². The van der Waals surface area contributed by atoms with Gasteiger partial charge in [-0.05, 0) is 55.0 Å². The molecule has 0 aromatic heterocycles. The van der Waals surface area contributed by atoms with E-state index in [0.717, 1.165) is 19.9 Å². The first-order chi connectivity index (χ1) is 15.2. The minimum Gasteiger partial charge on any atom is -0.495 e. The topological polar surface area (TPSA) is 75.7 Å². The maximum Gasteiger partial charge on any atom is 0.243 e. The monoisotopic (exact) mass is 536 g/mol. The normalized spacial score (nSPS) is 11.4. The SMILES string of the molecule is COc1ccc(Cl)cc1NC(=O)CN(Cc1ccc(C)cc1)S(=O)(=O)c1ccc(Br)cc1. The maximum absolute atomic E-state index is 13.4. The fraction of sp³-hybridized carbons (Fsp3) is 0.174. The molecular formula is C23H22BrClN2O4S. The number of nitrogens with one attached hydrogen (secondary N) is 1. The average Bonchev–Trinajstić information content (AvgIpc) is 2.75. The van der Waals surface area contributed by atoms with Crippen molar-refractivity contribution in [2.45, 2.75) is 18.4 Å². The van der Waals surface area contributed by atoms with Gasteiger partial charge in [-0.25, -0.2) is 8.42 Å². The molecule has 0 aliphatic carbocycles. The quantitative estimate of drug-likeness (QED) is 0.426. The molecule has 0 aliphatic rings. The van der Waals surface area contributed by atoms with Crippen molar-refractivity contribution in [1.82, 2.24) is 4.31 Å². The van der Waals surface area contributed by atoms with Gasteiger partial charge in [0.2, 0.25) is 15.9 Å². The van der Waals surface area contributed by atoms with Crippen molar-refractivity contribution in [3.63, 3.8) is 0 Å². The molecular weight excluding hydrogens is 516 g/mol. The van der Waals surface area contributed by atoms with Crippen LogP contribution in [0.15, 0.2) is 76.1 Å². The summed E-state index contributed by atoms with van der Waals surface area (Å²) in [6, 6.07) is 18.6. The number of halogens is 2. The van der Waals surface area contributed by atoms with Gasteiger partial charge in [-0.2, -0.15) is 4.31 Å². The van der Waals surface area contributed by atoms with Gasteiger partial charge in [0.05, 0.1) is 24.2 Å². The smallest absolute Gasteiger partial charge is 0.243 e. The summed E-state index contributed by atoms with van der Waals surface area (Å²) in [7, 11) is -2.47. The summed E-state index contributed by atoms with van der Waals surface area (Å²) >= 11 is 9.34. The van der Waals surface area contributed by atoms with Crippen LogP contribution < -0.4 is 10.1 Å². The molecule has 32 heavy (non-hydrogen) atoms. The largest absolute Gasteiger partial charge is 0.495 e. The number of aryl methyl sites for hydroxylation is 1. The van der Waals surface area contributed by atoms with Crippen LogP contribution in [0, 0.1) is 6.92 Å². The highest BCUT2D eigenvalue weighted by molar-refractivity contribution is 9.10. The maximum atomic E-state index is 13.4. The van der Waals surface area contributed by atoms with Gasteiger partial charge in [-0.3, -0.25) is 4.79 Å². The molecule has 0 radical (unpaired) electrons. The molecule has 0 atom stereocenters. The molecule has 6 nitrogen and oxygen atoms in total. The lowest BCUT2D eigenvalue weighted by molar-refractivity contribution is -0.116. The number of hydrogen-bond acceptors (Lipinski definition) is 4. The van der Waals surface area contributed by atoms with Crippen LogP contribution in [-0.4, -0.2) is 32.3 Å². The van der Waals surface area contributed by atoms with Crippen molar-refractivity contribution < 1.29 is 17.9 Å². The van der Waals surface area contributed by atoms with Crippen molar-refractivity contribution in [3.8, 4) is 5.75 Å². The van der Waals surface area contributed by atoms with E-state index >= 15 is 0 Å². The Morgan fingerprint density at radius 2 is 1.72 bits per heavy atom. The van der Waals surface area contributed by atoms with Crippen molar-refractivity contribution >= 4 is 49.1 Å². The van der Waals surface area contributed by atoms with E-state index in [2.05, 4.69) is 21.2 Å². The zero-order valence-corrected chi connectivity index (χ0v) is 20.7. The summed E-state index contributed by atoms with van der Waals surface area (Å²) < 4.78 is 33.9. The number of nitrogens with zero attached hydrogens (tertiary/aromatic N) is 1. The van der Waals surface area contributed by atoms with Crippen LogP contribution in [0.2, 0.25) is 5.02 Å². The van der Waals surface area contributed by atoms with Crippen LogP contribution in [0.25, 0.3) is 0 Å². The third kappa shape index (κ3) is 6.10. The molecule has 1 N–H and O–H groups in total. The van der Waals surface area contributed by atoms with E-state index in [4.69, 9.17) is 16.3 Å². The zero-order valence-electron chi connectivity index (χ0n) is 17.5. The molecule has 3 aromatic rings. The lowest BCUT2D eigenvalue weighted by Gasteiger charge is -2.22. The Bertz CT molecular complexity index is 1200. The summed E-state index contributed by atoms with van der Waals surface area (Å²) in [6.07, 6.45) is 0. The number of anilines is 1. The number of ether oxygens (including phenoxy) is 1. The molecule has 0 saturated carbocycles. The Morgan fingerprint density at radius 3 is 2.34 bits per heavy atom. The number of amides is 1. The fourth-order valence-corrected chi connectivity index (χ4v) is 4.83. The van der Waals surface area contributed by atoms with Gasteiger partial charge in [-0.1, -0.05) is 57.4 Å². The first-order valence-corrected chi connectivity index (χ1v) is 12.2. The van der Waals surface area contributed by atoms with Gasteiger partial charge in [0.1, 0.15) is 5.75 Å². The summed E-state index contributed by atoms with van der Waals surface area (Å²) in [5, 5.41) is 3.12. The van der Waals surface area contributed by atoms with Gasteiger partial charge in [-0.15, -0.1) is 0 Å². The second-order valence-corrected chi connectivity index (χ2v) is 10.4. The number of carbonyl (C=O) groups excluding carboxylic acids is 1. The van der Waals surface area contributed by atoms with Gasteiger partial charge in [0.15, 0.2) is 0 Å². The number of hydrogen-bond donors (Lipinski definition) is 1. The third-order valence-electron chi connectivity index (χ3n) is 4.69. The van der Waals surface area contributed by atoms with Crippen LogP contribution in [0.1, 0.15) is 11.1 Å². The second-order valence-electron chi connectivity index (χ2n) is 7.11. The molecule has 0 fully saturated rings. The fourth-order valence-electron chi connectivity index (χ4n) is 3.01. The second kappa shape index (κ2) is 10.5. The van der Waals surface area contributed by atoms with Crippen molar-refractivity contribution in [1.29, 1.82) is 0 Å². The first-order valence-electron chi connectivity index (χ1n) is 9.63. The van der Waals surface area contributed by atoms with E-state index in [9.17, 15) is 13.2 Å².